The maximum atomic E-state index is 11.7. The molecule has 4 heterocycles. The molecule has 5 heteroatoms. The highest BCUT2D eigenvalue weighted by Gasteiger charge is 2.41. The summed E-state index contributed by atoms with van der Waals surface area (Å²) in [6.45, 7) is 21.1. The Kier molecular flexibility index (Phi) is 7.75. The third kappa shape index (κ3) is 5.64. The summed E-state index contributed by atoms with van der Waals surface area (Å²) in [5.74, 6) is 2.49. The fourth-order valence-corrected chi connectivity index (χ4v) is 6.66. The van der Waals surface area contributed by atoms with E-state index in [1.807, 2.05) is 18.3 Å². The molecule has 6 rings (SSSR count). The number of aromatic nitrogens is 1. The molecule has 0 spiro atoms. The number of methoxy groups -OCH3 is 1. The van der Waals surface area contributed by atoms with Gasteiger partial charge in [-0.1, -0.05) is 59.8 Å². The molecular formula is C35H47N3O2. The average Bonchev–Trinajstić information content (AvgIpc) is 2.92. The van der Waals surface area contributed by atoms with Gasteiger partial charge in [0.15, 0.2) is 0 Å². The van der Waals surface area contributed by atoms with Gasteiger partial charge in [0.05, 0.1) is 18.8 Å². The van der Waals surface area contributed by atoms with Gasteiger partial charge in [0, 0.05) is 36.8 Å². The van der Waals surface area contributed by atoms with E-state index in [1.54, 1.807) is 7.11 Å². The smallest absolute Gasteiger partial charge is 0.123 e. The number of fused-ring (bicyclic) bond motifs is 4. The van der Waals surface area contributed by atoms with Gasteiger partial charge >= 0.3 is 0 Å². The SMILES string of the molecule is C=C[C@H]1CN2CC[C@H]1C[C@H]2N(Cc1cc(C(C)(C)C)cc(C(C)(C)C)c1O)Cc1ccnc2ccc(OC)cc12. The van der Waals surface area contributed by atoms with Crippen LogP contribution in [0.5, 0.6) is 11.5 Å². The summed E-state index contributed by atoms with van der Waals surface area (Å²) < 4.78 is 5.57. The number of nitrogens with zero attached hydrogens (tertiary/aromatic N) is 3. The van der Waals surface area contributed by atoms with Crippen molar-refractivity contribution < 1.29 is 9.84 Å². The van der Waals surface area contributed by atoms with Crippen LogP contribution in [0.2, 0.25) is 0 Å². The van der Waals surface area contributed by atoms with E-state index < -0.39 is 0 Å². The van der Waals surface area contributed by atoms with Gasteiger partial charge in [-0.25, -0.2) is 0 Å². The molecule has 214 valence electrons. The minimum atomic E-state index is -0.159. The molecule has 0 saturated carbocycles. The quantitative estimate of drug-likeness (QED) is 0.316. The summed E-state index contributed by atoms with van der Waals surface area (Å²) >= 11 is 0. The number of phenolic OH excluding ortho intramolecular Hbond substituents is 1. The van der Waals surface area contributed by atoms with E-state index >= 15 is 0 Å². The second kappa shape index (κ2) is 10.8. The Balaban J connectivity index is 1.59. The van der Waals surface area contributed by atoms with Crippen LogP contribution in [-0.4, -0.2) is 46.3 Å². The molecule has 0 radical (unpaired) electrons. The summed E-state index contributed by atoms with van der Waals surface area (Å²) in [6.07, 6.45) is 6.73. The number of hydrogen-bond donors (Lipinski definition) is 1. The highest BCUT2D eigenvalue weighted by molar-refractivity contribution is 5.83. The van der Waals surface area contributed by atoms with E-state index in [0.29, 0.717) is 30.3 Å². The molecule has 3 fully saturated rings. The molecule has 3 aliphatic rings. The normalized spacial score (nSPS) is 23.1. The van der Waals surface area contributed by atoms with Crippen LogP contribution in [0.25, 0.3) is 10.9 Å². The number of aromatic hydroxyl groups is 1. The number of ether oxygens (including phenoxy) is 1. The van der Waals surface area contributed by atoms with Crippen LogP contribution in [-0.2, 0) is 23.9 Å². The van der Waals surface area contributed by atoms with Crippen LogP contribution in [0.3, 0.4) is 0 Å². The zero-order valence-electron chi connectivity index (χ0n) is 25.5. The molecule has 2 aromatic carbocycles. The summed E-state index contributed by atoms with van der Waals surface area (Å²) in [7, 11) is 1.71. The van der Waals surface area contributed by atoms with Crippen molar-refractivity contribution in [2.45, 2.75) is 84.5 Å². The van der Waals surface area contributed by atoms with Gasteiger partial charge in [-0.05, 0) is 83.0 Å². The van der Waals surface area contributed by atoms with Crippen LogP contribution in [0, 0.1) is 11.8 Å². The van der Waals surface area contributed by atoms with Crippen molar-refractivity contribution in [3.05, 3.63) is 77.5 Å². The van der Waals surface area contributed by atoms with Crippen molar-refractivity contribution in [2.24, 2.45) is 11.8 Å². The van der Waals surface area contributed by atoms with Crippen molar-refractivity contribution in [3.63, 3.8) is 0 Å². The Bertz CT molecular complexity index is 1380. The number of benzene rings is 2. The fraction of sp³-hybridized carbons (Fsp3) is 0.514. The second-order valence-corrected chi connectivity index (χ2v) is 13.9. The topological polar surface area (TPSA) is 48.8 Å². The standard InChI is InChI=1S/C35H47N3O2/c1-9-23-20-37-15-13-24(23)17-32(37)38(21-25-12-14-36-31-11-10-28(40-8)19-29(25)31)22-26-16-27(34(2,3)4)18-30(33(26)39)35(5,6)7/h9-12,14,16,18-19,23-24,32,39H,1,13,15,17,20-22H2,2-8H3/t23-,24-,32+/m0/s1. The third-order valence-corrected chi connectivity index (χ3v) is 9.15. The first kappa shape index (κ1) is 28.6. The molecule has 1 unspecified atom stereocenters. The molecule has 3 saturated heterocycles. The lowest BCUT2D eigenvalue weighted by atomic mass is 9.77. The van der Waals surface area contributed by atoms with Crippen molar-refractivity contribution in [2.75, 3.05) is 20.2 Å². The molecule has 2 bridgehead atoms. The predicted octanol–water partition coefficient (Wildman–Crippen LogP) is 7.40. The highest BCUT2D eigenvalue weighted by atomic mass is 16.5. The van der Waals surface area contributed by atoms with E-state index in [9.17, 15) is 5.11 Å². The van der Waals surface area contributed by atoms with Crippen LogP contribution < -0.4 is 4.74 Å². The van der Waals surface area contributed by atoms with E-state index in [4.69, 9.17) is 4.74 Å². The van der Waals surface area contributed by atoms with Gasteiger partial charge in [0.25, 0.3) is 0 Å². The van der Waals surface area contributed by atoms with Crippen molar-refractivity contribution in [1.29, 1.82) is 0 Å². The Labute approximate surface area is 240 Å². The molecule has 1 N–H and O–H groups in total. The zero-order chi connectivity index (χ0) is 28.8. The first-order chi connectivity index (χ1) is 18.9. The molecule has 4 atom stereocenters. The number of hydrogen-bond acceptors (Lipinski definition) is 5. The first-order valence-corrected chi connectivity index (χ1v) is 14.8. The van der Waals surface area contributed by atoms with E-state index in [-0.39, 0.29) is 10.8 Å². The van der Waals surface area contributed by atoms with Crippen LogP contribution in [0.1, 0.15) is 76.6 Å². The lowest BCUT2D eigenvalue weighted by molar-refractivity contribution is -0.0693. The number of rotatable bonds is 7. The lowest BCUT2D eigenvalue weighted by Gasteiger charge is -2.52. The van der Waals surface area contributed by atoms with Crippen molar-refractivity contribution >= 4 is 10.9 Å². The molecule has 3 aromatic rings. The third-order valence-electron chi connectivity index (χ3n) is 9.15. The summed E-state index contributed by atoms with van der Waals surface area (Å²) in [6, 6.07) is 12.7. The predicted molar refractivity (Wildman–Crippen MR) is 165 cm³/mol. The highest BCUT2D eigenvalue weighted by Crippen LogP contribution is 2.42. The maximum absolute atomic E-state index is 11.7. The minimum Gasteiger partial charge on any atom is -0.507 e. The van der Waals surface area contributed by atoms with E-state index in [2.05, 4.69) is 93.2 Å². The lowest BCUT2D eigenvalue weighted by Crippen LogP contribution is -2.59. The average molecular weight is 542 g/mol. The Morgan fingerprint density at radius 1 is 1.05 bits per heavy atom. The zero-order valence-corrected chi connectivity index (χ0v) is 25.5. The maximum Gasteiger partial charge on any atom is 0.123 e. The van der Waals surface area contributed by atoms with Crippen molar-refractivity contribution in [3.8, 4) is 11.5 Å². The Hall–Kier alpha value is -2.89. The first-order valence-electron chi connectivity index (χ1n) is 14.8. The Morgan fingerprint density at radius 2 is 1.80 bits per heavy atom. The van der Waals surface area contributed by atoms with E-state index in [1.165, 1.54) is 17.5 Å². The van der Waals surface area contributed by atoms with Gasteiger partial charge in [0.1, 0.15) is 11.5 Å². The van der Waals surface area contributed by atoms with Crippen molar-refractivity contribution in [1.82, 2.24) is 14.8 Å². The van der Waals surface area contributed by atoms with E-state index in [0.717, 1.165) is 53.8 Å². The molecule has 0 aliphatic carbocycles. The molecule has 3 aliphatic heterocycles. The van der Waals surface area contributed by atoms with Gasteiger partial charge in [-0.3, -0.25) is 14.8 Å². The summed E-state index contributed by atoms with van der Waals surface area (Å²) in [4.78, 5) is 9.87. The Morgan fingerprint density at radius 3 is 2.42 bits per heavy atom. The fourth-order valence-electron chi connectivity index (χ4n) is 6.66. The number of pyridine rings is 1. The van der Waals surface area contributed by atoms with Crippen LogP contribution in [0.4, 0.5) is 0 Å². The van der Waals surface area contributed by atoms with Gasteiger partial charge in [-0.2, -0.15) is 0 Å². The minimum absolute atomic E-state index is 0.0181. The van der Waals surface area contributed by atoms with Crippen LogP contribution >= 0.6 is 0 Å². The van der Waals surface area contributed by atoms with Gasteiger partial charge < -0.3 is 9.84 Å². The number of piperidine rings is 3. The number of phenols is 1. The molecule has 40 heavy (non-hydrogen) atoms. The van der Waals surface area contributed by atoms with Gasteiger partial charge in [0.2, 0.25) is 0 Å². The molecular weight excluding hydrogens is 494 g/mol. The van der Waals surface area contributed by atoms with Crippen LogP contribution in [0.15, 0.2) is 55.3 Å². The largest absolute Gasteiger partial charge is 0.507 e. The molecule has 0 amide bonds. The summed E-state index contributed by atoms with van der Waals surface area (Å²) in [5, 5.41) is 12.8. The monoisotopic (exact) mass is 541 g/mol. The second-order valence-electron chi connectivity index (χ2n) is 13.9. The van der Waals surface area contributed by atoms with Gasteiger partial charge in [-0.15, -0.1) is 6.58 Å². The molecule has 1 aromatic heterocycles. The molecule has 5 nitrogen and oxygen atoms in total. The summed E-state index contributed by atoms with van der Waals surface area (Å²) in [5.41, 5.74) is 5.32.